The van der Waals surface area contributed by atoms with Crippen molar-refractivity contribution in [2.75, 3.05) is 32.7 Å². The Labute approximate surface area is 185 Å². The van der Waals surface area contributed by atoms with E-state index in [0.29, 0.717) is 30.2 Å². The van der Waals surface area contributed by atoms with Gasteiger partial charge in [0.2, 0.25) is 5.91 Å². The van der Waals surface area contributed by atoms with Gasteiger partial charge in [-0.15, -0.1) is 11.3 Å². The fourth-order valence-electron chi connectivity index (χ4n) is 4.01. The lowest BCUT2D eigenvalue weighted by Crippen LogP contribution is -2.47. The molecular weight excluding hydrogens is 412 g/mol. The molecule has 31 heavy (non-hydrogen) atoms. The van der Waals surface area contributed by atoms with Gasteiger partial charge in [0.1, 0.15) is 5.75 Å². The molecule has 6 nitrogen and oxygen atoms in total. The molecule has 0 unspecified atom stereocenters. The standard InChI is InChI=1S/C24H24N2O4S/c1-29-13-12-26-22(20-11-6-14-31-20)21(18-9-3-4-10-19(18)24(26)28)23(27)25-16-7-5-8-17(15-16)30-2/h3-11,14-15,21-22H,12-13H2,1-2H3,(H,25,27)/t21-,22+/m1/s1. The Kier molecular flexibility index (Phi) is 6.34. The Hall–Kier alpha value is -3.16. The van der Waals surface area contributed by atoms with E-state index in [0.717, 1.165) is 10.4 Å². The highest BCUT2D eigenvalue weighted by Gasteiger charge is 2.44. The first-order valence-electron chi connectivity index (χ1n) is 10.0. The largest absolute Gasteiger partial charge is 0.497 e. The maximum atomic E-state index is 13.6. The van der Waals surface area contributed by atoms with Crippen molar-refractivity contribution >= 4 is 28.8 Å². The summed E-state index contributed by atoms with van der Waals surface area (Å²) in [7, 11) is 3.19. The van der Waals surface area contributed by atoms with Gasteiger partial charge in [0.05, 0.1) is 25.7 Å². The van der Waals surface area contributed by atoms with Crippen molar-refractivity contribution in [3.63, 3.8) is 0 Å². The van der Waals surface area contributed by atoms with Crippen LogP contribution < -0.4 is 10.1 Å². The van der Waals surface area contributed by atoms with Gasteiger partial charge in [0, 0.05) is 35.8 Å². The molecule has 2 aromatic carbocycles. The summed E-state index contributed by atoms with van der Waals surface area (Å²) in [5.74, 6) is -0.158. The number of nitrogens with zero attached hydrogens (tertiary/aromatic N) is 1. The number of amides is 2. The van der Waals surface area contributed by atoms with Crippen LogP contribution in [0.25, 0.3) is 0 Å². The van der Waals surface area contributed by atoms with Gasteiger partial charge in [-0.05, 0) is 35.2 Å². The number of carbonyl (C=O) groups excluding carboxylic acids is 2. The minimum Gasteiger partial charge on any atom is -0.497 e. The van der Waals surface area contributed by atoms with Crippen molar-refractivity contribution in [3.05, 3.63) is 82.0 Å². The lowest BCUT2D eigenvalue weighted by atomic mass is 9.81. The number of nitrogens with one attached hydrogen (secondary N) is 1. The smallest absolute Gasteiger partial charge is 0.254 e. The SMILES string of the molecule is COCCN1C(=O)c2ccccc2[C@@H](C(=O)Nc2cccc(OC)c2)[C@@H]1c1cccs1. The van der Waals surface area contributed by atoms with Crippen LogP contribution in [0, 0.1) is 0 Å². The van der Waals surface area contributed by atoms with Gasteiger partial charge < -0.3 is 19.7 Å². The summed E-state index contributed by atoms with van der Waals surface area (Å²) < 4.78 is 10.5. The zero-order chi connectivity index (χ0) is 21.8. The van der Waals surface area contributed by atoms with Gasteiger partial charge in [-0.3, -0.25) is 9.59 Å². The number of hydrogen-bond donors (Lipinski definition) is 1. The summed E-state index contributed by atoms with van der Waals surface area (Å²) in [5, 5.41) is 4.99. The molecule has 2 atom stereocenters. The van der Waals surface area contributed by atoms with Crippen LogP contribution in [0.15, 0.2) is 66.0 Å². The number of hydrogen-bond acceptors (Lipinski definition) is 5. The molecule has 0 aliphatic carbocycles. The summed E-state index contributed by atoms with van der Waals surface area (Å²) in [5.41, 5.74) is 1.93. The molecule has 160 valence electrons. The van der Waals surface area contributed by atoms with E-state index in [1.54, 1.807) is 42.6 Å². The van der Waals surface area contributed by atoms with Crippen LogP contribution in [0.1, 0.15) is 32.8 Å². The zero-order valence-electron chi connectivity index (χ0n) is 17.4. The van der Waals surface area contributed by atoms with Gasteiger partial charge in [-0.25, -0.2) is 0 Å². The normalized spacial score (nSPS) is 17.9. The third-order valence-electron chi connectivity index (χ3n) is 5.43. The zero-order valence-corrected chi connectivity index (χ0v) is 18.2. The van der Waals surface area contributed by atoms with Crippen molar-refractivity contribution in [3.8, 4) is 5.75 Å². The summed E-state index contributed by atoms with van der Waals surface area (Å²) >= 11 is 1.54. The number of fused-ring (bicyclic) bond motifs is 1. The molecule has 2 heterocycles. The van der Waals surface area contributed by atoms with Crippen LogP contribution in [0.4, 0.5) is 5.69 Å². The molecule has 4 rings (SSSR count). The summed E-state index contributed by atoms with van der Waals surface area (Å²) in [6.45, 7) is 0.787. The van der Waals surface area contributed by atoms with Gasteiger partial charge in [-0.2, -0.15) is 0 Å². The summed E-state index contributed by atoms with van der Waals surface area (Å²) in [4.78, 5) is 29.7. The minimum absolute atomic E-state index is 0.0866. The quantitative estimate of drug-likeness (QED) is 0.599. The Bertz CT molecular complexity index is 1070. The number of ether oxygens (including phenoxy) is 2. The van der Waals surface area contributed by atoms with Gasteiger partial charge in [0.15, 0.2) is 0 Å². The molecule has 0 saturated carbocycles. The van der Waals surface area contributed by atoms with E-state index in [9.17, 15) is 9.59 Å². The van der Waals surface area contributed by atoms with Crippen molar-refractivity contribution < 1.29 is 19.1 Å². The molecule has 7 heteroatoms. The first-order chi connectivity index (χ1) is 15.1. The van der Waals surface area contributed by atoms with E-state index in [-0.39, 0.29) is 11.8 Å². The first-order valence-corrected chi connectivity index (χ1v) is 10.9. The molecule has 1 N–H and O–H groups in total. The van der Waals surface area contributed by atoms with Crippen LogP contribution >= 0.6 is 11.3 Å². The third-order valence-corrected chi connectivity index (χ3v) is 6.37. The molecular formula is C24H24N2O4S. The van der Waals surface area contributed by atoms with Crippen molar-refractivity contribution in [1.82, 2.24) is 4.90 Å². The lowest BCUT2D eigenvalue weighted by molar-refractivity contribution is -0.119. The highest BCUT2D eigenvalue weighted by Crippen LogP contribution is 2.44. The van der Waals surface area contributed by atoms with E-state index >= 15 is 0 Å². The highest BCUT2D eigenvalue weighted by molar-refractivity contribution is 7.10. The monoisotopic (exact) mass is 436 g/mol. The number of methoxy groups -OCH3 is 2. The maximum Gasteiger partial charge on any atom is 0.254 e. The average Bonchev–Trinajstić information content (AvgIpc) is 3.33. The second kappa shape index (κ2) is 9.32. The number of benzene rings is 2. The topological polar surface area (TPSA) is 67.9 Å². The van der Waals surface area contributed by atoms with Crippen molar-refractivity contribution in [2.24, 2.45) is 0 Å². The maximum absolute atomic E-state index is 13.6. The van der Waals surface area contributed by atoms with Crippen LogP contribution in [-0.2, 0) is 9.53 Å². The molecule has 1 aliphatic rings. The number of rotatable bonds is 7. The molecule has 1 aromatic heterocycles. The predicted octanol–water partition coefficient (Wildman–Crippen LogP) is 4.32. The Morgan fingerprint density at radius 2 is 1.94 bits per heavy atom. The summed E-state index contributed by atoms with van der Waals surface area (Å²) in [6, 6.07) is 18.1. The van der Waals surface area contributed by atoms with Gasteiger partial charge in [-0.1, -0.05) is 30.3 Å². The fraction of sp³-hybridized carbons (Fsp3) is 0.250. The van der Waals surface area contributed by atoms with E-state index in [2.05, 4.69) is 5.32 Å². The molecule has 0 fully saturated rings. The Balaban J connectivity index is 1.78. The minimum atomic E-state index is -0.560. The van der Waals surface area contributed by atoms with E-state index in [1.807, 2.05) is 53.9 Å². The van der Waals surface area contributed by atoms with Crippen LogP contribution in [-0.4, -0.2) is 44.1 Å². The fourth-order valence-corrected chi connectivity index (χ4v) is 4.88. The Morgan fingerprint density at radius 1 is 1.10 bits per heavy atom. The number of thiophene rings is 1. The van der Waals surface area contributed by atoms with Crippen LogP contribution in [0.2, 0.25) is 0 Å². The van der Waals surface area contributed by atoms with Crippen molar-refractivity contribution in [1.29, 1.82) is 0 Å². The Morgan fingerprint density at radius 3 is 2.68 bits per heavy atom. The van der Waals surface area contributed by atoms with Gasteiger partial charge in [0.25, 0.3) is 5.91 Å². The lowest BCUT2D eigenvalue weighted by Gasteiger charge is -2.41. The van der Waals surface area contributed by atoms with E-state index < -0.39 is 12.0 Å². The molecule has 0 saturated heterocycles. The number of anilines is 1. The highest BCUT2D eigenvalue weighted by atomic mass is 32.1. The molecule has 0 radical (unpaired) electrons. The average molecular weight is 437 g/mol. The van der Waals surface area contributed by atoms with E-state index in [1.165, 1.54) is 0 Å². The predicted molar refractivity (Wildman–Crippen MR) is 121 cm³/mol. The molecule has 3 aromatic rings. The molecule has 2 amide bonds. The molecule has 0 bridgehead atoms. The molecule has 1 aliphatic heterocycles. The third kappa shape index (κ3) is 4.19. The summed E-state index contributed by atoms with van der Waals surface area (Å²) in [6.07, 6.45) is 0. The van der Waals surface area contributed by atoms with Gasteiger partial charge >= 0.3 is 0 Å². The van der Waals surface area contributed by atoms with E-state index in [4.69, 9.17) is 9.47 Å². The van der Waals surface area contributed by atoms with Crippen LogP contribution in [0.5, 0.6) is 5.75 Å². The second-order valence-corrected chi connectivity index (χ2v) is 8.22. The first kappa shape index (κ1) is 21.1. The van der Waals surface area contributed by atoms with Crippen LogP contribution in [0.3, 0.4) is 0 Å². The second-order valence-electron chi connectivity index (χ2n) is 7.24. The van der Waals surface area contributed by atoms with Crippen molar-refractivity contribution in [2.45, 2.75) is 12.0 Å². The molecule has 0 spiro atoms. The number of carbonyl (C=O) groups is 2.